The third-order valence-corrected chi connectivity index (χ3v) is 3.33. The molecule has 0 heterocycles. The number of rotatable bonds is 7. The van der Waals surface area contributed by atoms with Gasteiger partial charge in [-0.25, -0.2) is 8.42 Å². The molecular formula is C14H18O4S. The number of benzene rings is 1. The zero-order valence-electron chi connectivity index (χ0n) is 11.1. The topological polar surface area (TPSA) is 60.4 Å². The molecule has 0 amide bonds. The highest BCUT2D eigenvalue weighted by atomic mass is 32.2. The Labute approximate surface area is 114 Å². The fourth-order valence-electron chi connectivity index (χ4n) is 1.54. The van der Waals surface area contributed by atoms with Crippen molar-refractivity contribution >= 4 is 15.6 Å². The predicted molar refractivity (Wildman–Crippen MR) is 75.0 cm³/mol. The summed E-state index contributed by atoms with van der Waals surface area (Å²) >= 11 is 0. The van der Waals surface area contributed by atoms with Crippen molar-refractivity contribution in [2.24, 2.45) is 0 Å². The maximum absolute atomic E-state index is 11.9. The van der Waals surface area contributed by atoms with Crippen LogP contribution in [0.1, 0.15) is 16.8 Å². The van der Waals surface area contributed by atoms with Crippen molar-refractivity contribution in [2.45, 2.75) is 12.5 Å². The lowest BCUT2D eigenvalue weighted by molar-refractivity contribution is 0.0852. The van der Waals surface area contributed by atoms with Crippen molar-refractivity contribution in [2.75, 3.05) is 19.1 Å². The monoisotopic (exact) mass is 282 g/mol. The lowest BCUT2D eigenvalue weighted by atomic mass is 10.1. The van der Waals surface area contributed by atoms with Gasteiger partial charge in [0.15, 0.2) is 15.6 Å². The van der Waals surface area contributed by atoms with Gasteiger partial charge in [-0.1, -0.05) is 42.5 Å². The maximum Gasteiger partial charge on any atom is 0.165 e. The van der Waals surface area contributed by atoms with Crippen LogP contribution in [-0.4, -0.2) is 39.4 Å². The Morgan fingerprint density at radius 2 is 1.95 bits per heavy atom. The van der Waals surface area contributed by atoms with Crippen LogP contribution in [0, 0.1) is 0 Å². The molecule has 0 aliphatic carbocycles. The number of hydrogen-bond acceptors (Lipinski definition) is 4. The Bertz CT molecular complexity index is 532. The predicted octanol–water partition coefficient (Wildman–Crippen LogP) is 1.88. The summed E-state index contributed by atoms with van der Waals surface area (Å²) in [6.07, 6.45) is 4.08. The fourth-order valence-corrected chi connectivity index (χ4v) is 2.00. The second kappa shape index (κ2) is 7.21. The summed E-state index contributed by atoms with van der Waals surface area (Å²) in [5.41, 5.74) is 0.626. The van der Waals surface area contributed by atoms with Crippen molar-refractivity contribution < 1.29 is 17.9 Å². The van der Waals surface area contributed by atoms with E-state index in [2.05, 4.69) is 0 Å². The standard InChI is InChI=1S/C14H18O4S/c1-18-13(9-6-10-19(2,16)17)11-14(15)12-7-4-3-5-8-12/h3-9,13H,10-11H2,1-2H3/b9-6-. The molecule has 0 N–H and O–H groups in total. The Morgan fingerprint density at radius 3 is 2.47 bits per heavy atom. The van der Waals surface area contributed by atoms with Gasteiger partial charge in [0.25, 0.3) is 0 Å². The molecule has 0 fully saturated rings. The summed E-state index contributed by atoms with van der Waals surface area (Å²) in [5.74, 6) is -0.0803. The number of carbonyl (C=O) groups excluding carboxylic acids is 1. The average molecular weight is 282 g/mol. The van der Waals surface area contributed by atoms with Crippen LogP contribution in [0.4, 0.5) is 0 Å². The van der Waals surface area contributed by atoms with E-state index in [-0.39, 0.29) is 18.0 Å². The summed E-state index contributed by atoms with van der Waals surface area (Å²) in [7, 11) is -1.54. The van der Waals surface area contributed by atoms with Gasteiger partial charge in [0.2, 0.25) is 0 Å². The summed E-state index contributed by atoms with van der Waals surface area (Å²) in [6.45, 7) is 0. The first kappa shape index (κ1) is 15.6. The molecule has 104 valence electrons. The molecule has 19 heavy (non-hydrogen) atoms. The summed E-state index contributed by atoms with van der Waals surface area (Å²) < 4.78 is 27.1. The highest BCUT2D eigenvalue weighted by Crippen LogP contribution is 2.08. The Balaban J connectivity index is 2.60. The van der Waals surface area contributed by atoms with Crippen LogP contribution < -0.4 is 0 Å². The molecule has 0 aromatic heterocycles. The fraction of sp³-hybridized carbons (Fsp3) is 0.357. The number of sulfone groups is 1. The van der Waals surface area contributed by atoms with E-state index >= 15 is 0 Å². The van der Waals surface area contributed by atoms with Gasteiger partial charge in [-0.2, -0.15) is 0 Å². The highest BCUT2D eigenvalue weighted by molar-refractivity contribution is 7.90. The maximum atomic E-state index is 11.9. The van der Waals surface area contributed by atoms with Crippen LogP contribution >= 0.6 is 0 Å². The van der Waals surface area contributed by atoms with Gasteiger partial charge in [0.1, 0.15) is 0 Å². The normalized spacial score (nSPS) is 13.6. The van der Waals surface area contributed by atoms with Gasteiger partial charge in [-0.05, 0) is 0 Å². The van der Waals surface area contributed by atoms with Crippen LogP contribution in [0.3, 0.4) is 0 Å². The van der Waals surface area contributed by atoms with Crippen molar-refractivity contribution in [3.8, 4) is 0 Å². The number of ether oxygens (including phenoxy) is 1. The smallest absolute Gasteiger partial charge is 0.165 e. The van der Waals surface area contributed by atoms with E-state index in [0.29, 0.717) is 5.56 Å². The number of hydrogen-bond donors (Lipinski definition) is 0. The molecule has 0 aliphatic heterocycles. The van der Waals surface area contributed by atoms with Crippen molar-refractivity contribution in [3.63, 3.8) is 0 Å². The number of ketones is 1. The van der Waals surface area contributed by atoms with Gasteiger partial charge >= 0.3 is 0 Å². The van der Waals surface area contributed by atoms with Gasteiger partial charge in [-0.3, -0.25) is 4.79 Å². The van der Waals surface area contributed by atoms with E-state index in [9.17, 15) is 13.2 Å². The third-order valence-electron chi connectivity index (χ3n) is 2.53. The summed E-state index contributed by atoms with van der Waals surface area (Å²) in [4.78, 5) is 11.9. The largest absolute Gasteiger partial charge is 0.377 e. The van der Waals surface area contributed by atoms with Gasteiger partial charge < -0.3 is 4.74 Å². The SMILES string of the molecule is COC(/C=C\CS(C)(=O)=O)CC(=O)c1ccccc1. The number of carbonyl (C=O) groups is 1. The first-order valence-electron chi connectivity index (χ1n) is 5.88. The Kier molecular flexibility index (Phi) is 5.92. The van der Waals surface area contributed by atoms with Gasteiger partial charge in [0.05, 0.1) is 11.9 Å². The molecule has 1 unspecified atom stereocenters. The second-order valence-corrected chi connectivity index (χ2v) is 6.47. The quantitative estimate of drug-likeness (QED) is 0.566. The highest BCUT2D eigenvalue weighted by Gasteiger charge is 2.12. The Morgan fingerprint density at radius 1 is 1.32 bits per heavy atom. The van der Waals surface area contributed by atoms with E-state index in [1.165, 1.54) is 13.2 Å². The lowest BCUT2D eigenvalue weighted by Crippen LogP contribution is -2.14. The Hall–Kier alpha value is -1.46. The number of methoxy groups -OCH3 is 1. The molecule has 1 atom stereocenters. The molecule has 0 aliphatic rings. The third kappa shape index (κ3) is 6.31. The molecule has 0 bridgehead atoms. The van der Waals surface area contributed by atoms with Crippen molar-refractivity contribution in [1.82, 2.24) is 0 Å². The first-order valence-corrected chi connectivity index (χ1v) is 7.94. The van der Waals surface area contributed by atoms with Crippen LogP contribution in [-0.2, 0) is 14.6 Å². The van der Waals surface area contributed by atoms with E-state index in [1.54, 1.807) is 30.3 Å². The van der Waals surface area contributed by atoms with Crippen LogP contribution in [0.5, 0.6) is 0 Å². The molecule has 0 radical (unpaired) electrons. The molecule has 0 saturated heterocycles. The van der Waals surface area contributed by atoms with Crippen LogP contribution in [0.15, 0.2) is 42.5 Å². The van der Waals surface area contributed by atoms with Gasteiger partial charge in [0, 0.05) is 25.3 Å². The molecule has 1 rings (SSSR count). The molecule has 1 aromatic carbocycles. The van der Waals surface area contributed by atoms with E-state index in [4.69, 9.17) is 4.74 Å². The zero-order valence-corrected chi connectivity index (χ0v) is 11.9. The number of Topliss-reactive ketones (excluding diaryl/α,β-unsaturated/α-hetero) is 1. The molecule has 0 saturated carbocycles. The van der Waals surface area contributed by atoms with Gasteiger partial charge in [-0.15, -0.1) is 0 Å². The van der Waals surface area contributed by atoms with E-state index < -0.39 is 15.9 Å². The molecule has 4 nitrogen and oxygen atoms in total. The summed E-state index contributed by atoms with van der Waals surface area (Å²) in [6, 6.07) is 8.93. The van der Waals surface area contributed by atoms with Crippen LogP contribution in [0.25, 0.3) is 0 Å². The zero-order chi connectivity index (χ0) is 14.3. The first-order chi connectivity index (χ1) is 8.92. The average Bonchev–Trinajstić information content (AvgIpc) is 2.37. The minimum absolute atomic E-state index is 0.0311. The summed E-state index contributed by atoms with van der Waals surface area (Å²) in [5, 5.41) is 0. The molecule has 1 aromatic rings. The van der Waals surface area contributed by atoms with Crippen LogP contribution in [0.2, 0.25) is 0 Å². The van der Waals surface area contributed by atoms with Crippen molar-refractivity contribution in [1.29, 1.82) is 0 Å². The minimum atomic E-state index is -3.04. The van der Waals surface area contributed by atoms with E-state index in [0.717, 1.165) is 6.26 Å². The molecule has 5 heteroatoms. The van der Waals surface area contributed by atoms with Crippen molar-refractivity contribution in [3.05, 3.63) is 48.0 Å². The molecular weight excluding hydrogens is 264 g/mol. The molecule has 0 spiro atoms. The second-order valence-electron chi connectivity index (χ2n) is 4.29. The lowest BCUT2D eigenvalue weighted by Gasteiger charge is -2.09. The minimum Gasteiger partial charge on any atom is -0.377 e. The van der Waals surface area contributed by atoms with E-state index in [1.807, 2.05) is 6.07 Å².